The Morgan fingerprint density at radius 3 is 2.59 bits per heavy atom. The molecule has 0 radical (unpaired) electrons. The maximum Gasteiger partial charge on any atom is 0.193 e. The Kier molecular flexibility index (Phi) is 4.64. The highest BCUT2D eigenvalue weighted by Gasteiger charge is 2.42. The second kappa shape index (κ2) is 6.36. The Balaban J connectivity index is 1.70. The summed E-state index contributed by atoms with van der Waals surface area (Å²) in [5.74, 6) is 1.08. The van der Waals surface area contributed by atoms with Gasteiger partial charge in [-0.2, -0.15) is 0 Å². The number of ether oxygens (including phenoxy) is 1. The molecular formula is C17H32N4O. The van der Waals surface area contributed by atoms with Gasteiger partial charge in [0.2, 0.25) is 0 Å². The zero-order valence-electron chi connectivity index (χ0n) is 14.5. The largest absolute Gasteiger partial charge is 0.373 e. The topological polar surface area (TPSA) is 40.1 Å². The van der Waals surface area contributed by atoms with Gasteiger partial charge in [-0.25, -0.2) is 0 Å². The Morgan fingerprint density at radius 2 is 1.95 bits per heavy atom. The molecule has 1 aliphatic carbocycles. The Labute approximate surface area is 135 Å². The third-order valence-electron chi connectivity index (χ3n) is 5.51. The first-order chi connectivity index (χ1) is 10.5. The number of morpholine rings is 1. The van der Waals surface area contributed by atoms with Crippen LogP contribution in [0.1, 0.15) is 46.0 Å². The van der Waals surface area contributed by atoms with Crippen molar-refractivity contribution in [1.82, 2.24) is 15.1 Å². The molecule has 2 aliphatic heterocycles. The molecule has 0 atom stereocenters. The van der Waals surface area contributed by atoms with E-state index in [0.717, 1.165) is 45.3 Å². The lowest BCUT2D eigenvalue weighted by molar-refractivity contribution is -0.122. The summed E-state index contributed by atoms with van der Waals surface area (Å²) in [6.45, 7) is 10.4. The van der Waals surface area contributed by atoms with Crippen LogP contribution in [0.2, 0.25) is 0 Å². The van der Waals surface area contributed by atoms with Crippen molar-refractivity contribution < 1.29 is 4.74 Å². The lowest BCUT2D eigenvalue weighted by Crippen LogP contribution is -2.63. The minimum atomic E-state index is -0.0234. The third kappa shape index (κ3) is 3.40. The fourth-order valence-electron chi connectivity index (χ4n) is 4.20. The molecule has 0 unspecified atom stereocenters. The van der Waals surface area contributed by atoms with Crippen molar-refractivity contribution in [1.29, 1.82) is 0 Å². The van der Waals surface area contributed by atoms with Crippen molar-refractivity contribution in [3.05, 3.63) is 0 Å². The van der Waals surface area contributed by atoms with Gasteiger partial charge in [0.05, 0.1) is 18.8 Å². The predicted molar refractivity (Wildman–Crippen MR) is 90.4 cm³/mol. The van der Waals surface area contributed by atoms with E-state index in [1.165, 1.54) is 32.1 Å². The van der Waals surface area contributed by atoms with E-state index in [2.05, 4.69) is 41.0 Å². The van der Waals surface area contributed by atoms with E-state index in [9.17, 15) is 0 Å². The minimum Gasteiger partial charge on any atom is -0.373 e. The van der Waals surface area contributed by atoms with Crippen LogP contribution in [0.5, 0.6) is 0 Å². The molecule has 1 N–H and O–H groups in total. The Morgan fingerprint density at radius 1 is 1.18 bits per heavy atom. The number of nitrogens with one attached hydrogen (secondary N) is 1. The molecule has 3 rings (SSSR count). The zero-order chi connectivity index (χ0) is 15.6. The number of aliphatic imine (C=N–C) groups is 1. The Bertz CT molecular complexity index is 415. The van der Waals surface area contributed by atoms with Crippen molar-refractivity contribution >= 4 is 5.96 Å². The molecule has 22 heavy (non-hydrogen) atoms. The molecule has 1 saturated carbocycles. The fraction of sp³-hybridized carbons (Fsp3) is 0.941. The standard InChI is InChI=1S/C17H32N4O/c1-16(2)14-21(11-12-22-16)17(7-5-4-6-8-17)13-19-15-18-9-10-20(15)3/h4-14H2,1-3H3,(H,18,19). The summed E-state index contributed by atoms with van der Waals surface area (Å²) in [7, 11) is 2.13. The van der Waals surface area contributed by atoms with Crippen LogP contribution in [0.4, 0.5) is 0 Å². The highest BCUT2D eigenvalue weighted by atomic mass is 16.5. The first-order valence-electron chi connectivity index (χ1n) is 8.89. The molecule has 1 saturated heterocycles. The number of rotatable bonds is 3. The molecule has 126 valence electrons. The first kappa shape index (κ1) is 16.1. The summed E-state index contributed by atoms with van der Waals surface area (Å²) < 4.78 is 5.93. The van der Waals surface area contributed by atoms with Crippen molar-refractivity contribution in [3.63, 3.8) is 0 Å². The zero-order valence-corrected chi connectivity index (χ0v) is 14.5. The summed E-state index contributed by atoms with van der Waals surface area (Å²) in [6.07, 6.45) is 6.68. The van der Waals surface area contributed by atoms with Crippen LogP contribution < -0.4 is 5.32 Å². The van der Waals surface area contributed by atoms with Crippen LogP contribution in [0, 0.1) is 0 Å². The number of hydrogen-bond donors (Lipinski definition) is 1. The van der Waals surface area contributed by atoms with Crippen LogP contribution in [-0.2, 0) is 4.74 Å². The molecule has 0 aromatic heterocycles. The van der Waals surface area contributed by atoms with Crippen LogP contribution in [0.3, 0.4) is 0 Å². The minimum absolute atomic E-state index is 0.0234. The van der Waals surface area contributed by atoms with Gasteiger partial charge in [-0.05, 0) is 26.7 Å². The van der Waals surface area contributed by atoms with Crippen LogP contribution >= 0.6 is 0 Å². The lowest BCUT2D eigenvalue weighted by Gasteiger charge is -2.51. The highest BCUT2D eigenvalue weighted by Crippen LogP contribution is 2.36. The maximum absolute atomic E-state index is 5.93. The third-order valence-corrected chi connectivity index (χ3v) is 5.51. The molecule has 2 heterocycles. The van der Waals surface area contributed by atoms with Crippen molar-refractivity contribution in [3.8, 4) is 0 Å². The van der Waals surface area contributed by atoms with E-state index < -0.39 is 0 Å². The van der Waals surface area contributed by atoms with Gasteiger partial charge in [0.15, 0.2) is 5.96 Å². The summed E-state index contributed by atoms with van der Waals surface area (Å²) >= 11 is 0. The first-order valence-corrected chi connectivity index (χ1v) is 8.89. The molecule has 2 fully saturated rings. The number of nitrogens with zero attached hydrogens (tertiary/aromatic N) is 3. The van der Waals surface area contributed by atoms with Gasteiger partial charge in [-0.3, -0.25) is 9.89 Å². The average molecular weight is 308 g/mol. The predicted octanol–water partition coefficient (Wildman–Crippen LogP) is 1.69. The normalized spacial score (nSPS) is 28.5. The molecule has 0 aromatic rings. The van der Waals surface area contributed by atoms with E-state index in [-0.39, 0.29) is 11.1 Å². The van der Waals surface area contributed by atoms with Crippen LogP contribution in [0.15, 0.2) is 4.99 Å². The van der Waals surface area contributed by atoms with Crippen LogP contribution in [-0.4, -0.2) is 73.3 Å². The summed E-state index contributed by atoms with van der Waals surface area (Å²) in [6, 6.07) is 0. The van der Waals surface area contributed by atoms with Gasteiger partial charge in [0, 0.05) is 38.8 Å². The second-order valence-corrected chi connectivity index (χ2v) is 7.80. The van der Waals surface area contributed by atoms with Gasteiger partial charge in [0.25, 0.3) is 0 Å². The van der Waals surface area contributed by atoms with Gasteiger partial charge in [-0.1, -0.05) is 19.3 Å². The Hall–Kier alpha value is -0.810. The molecular weight excluding hydrogens is 276 g/mol. The van der Waals surface area contributed by atoms with E-state index in [1.54, 1.807) is 0 Å². The molecule has 0 aromatic carbocycles. The molecule has 5 heteroatoms. The lowest BCUT2D eigenvalue weighted by atomic mass is 9.79. The number of hydrogen-bond acceptors (Lipinski definition) is 5. The molecule has 0 amide bonds. The van der Waals surface area contributed by atoms with Crippen molar-refractivity contribution in [2.24, 2.45) is 4.99 Å². The monoisotopic (exact) mass is 308 g/mol. The SMILES string of the molecule is CN1CCN=C1NCC1(N2CCOC(C)(C)C2)CCCCC1. The van der Waals surface area contributed by atoms with E-state index in [1.807, 2.05) is 0 Å². The van der Waals surface area contributed by atoms with E-state index in [0.29, 0.717) is 0 Å². The molecule has 5 nitrogen and oxygen atoms in total. The number of likely N-dealkylation sites (N-methyl/N-ethyl adjacent to an activating group) is 1. The van der Waals surface area contributed by atoms with Gasteiger partial charge in [-0.15, -0.1) is 0 Å². The van der Waals surface area contributed by atoms with E-state index >= 15 is 0 Å². The highest BCUT2D eigenvalue weighted by molar-refractivity contribution is 5.81. The van der Waals surface area contributed by atoms with E-state index in [4.69, 9.17) is 4.74 Å². The summed E-state index contributed by atoms with van der Waals surface area (Å²) in [5, 5.41) is 3.66. The second-order valence-electron chi connectivity index (χ2n) is 7.80. The fourth-order valence-corrected chi connectivity index (χ4v) is 4.20. The van der Waals surface area contributed by atoms with Gasteiger partial charge < -0.3 is 15.0 Å². The molecule has 3 aliphatic rings. The summed E-state index contributed by atoms with van der Waals surface area (Å²) in [4.78, 5) is 9.54. The smallest absolute Gasteiger partial charge is 0.193 e. The maximum atomic E-state index is 5.93. The van der Waals surface area contributed by atoms with Crippen LogP contribution in [0.25, 0.3) is 0 Å². The van der Waals surface area contributed by atoms with Gasteiger partial charge >= 0.3 is 0 Å². The molecule has 0 spiro atoms. The van der Waals surface area contributed by atoms with Crippen molar-refractivity contribution in [2.45, 2.75) is 57.1 Å². The number of guanidine groups is 1. The average Bonchev–Trinajstić information content (AvgIpc) is 2.90. The quantitative estimate of drug-likeness (QED) is 0.861. The van der Waals surface area contributed by atoms with Gasteiger partial charge in [0.1, 0.15) is 0 Å². The van der Waals surface area contributed by atoms with Crippen molar-refractivity contribution in [2.75, 3.05) is 46.4 Å². The molecule has 0 bridgehead atoms. The summed E-state index contributed by atoms with van der Waals surface area (Å²) in [5.41, 5.74) is 0.260.